The van der Waals surface area contributed by atoms with Crippen LogP contribution in [0.4, 0.5) is 14.5 Å². The average Bonchev–Trinajstić information content (AvgIpc) is 1.82. The number of anilines is 1. The largest absolute Gasteiger partial charge is 0.394 e. The van der Waals surface area contributed by atoms with Crippen molar-refractivity contribution in [2.75, 3.05) is 5.73 Å². The van der Waals surface area contributed by atoms with Gasteiger partial charge in [0, 0.05) is 4.90 Å². The Morgan fingerprint density at radius 2 is 1.60 bits per heavy atom. The summed E-state index contributed by atoms with van der Waals surface area (Å²) in [6, 6.07) is 2.11. The lowest BCUT2D eigenvalue weighted by molar-refractivity contribution is 0.586. The molecule has 1 aromatic carbocycles. The molecule has 1 aromatic rings. The highest BCUT2D eigenvalue weighted by atomic mass is 32.1. The first-order valence-corrected chi connectivity index (χ1v) is 2.99. The van der Waals surface area contributed by atoms with Crippen molar-refractivity contribution in [1.82, 2.24) is 0 Å². The molecule has 0 atom stereocenters. The number of hydrogen-bond donors (Lipinski definition) is 2. The third kappa shape index (κ3) is 1.21. The van der Waals surface area contributed by atoms with Gasteiger partial charge in [0.1, 0.15) is 17.3 Å². The fourth-order valence-corrected chi connectivity index (χ4v) is 0.798. The number of thiol groups is 1. The van der Waals surface area contributed by atoms with E-state index in [-0.39, 0.29) is 4.90 Å². The second kappa shape index (κ2) is 2.46. The van der Waals surface area contributed by atoms with Crippen LogP contribution in [-0.2, 0) is 0 Å². The van der Waals surface area contributed by atoms with Crippen LogP contribution in [0.1, 0.15) is 0 Å². The van der Waals surface area contributed by atoms with Crippen LogP contribution in [0.25, 0.3) is 0 Å². The van der Waals surface area contributed by atoms with Crippen LogP contribution < -0.4 is 5.73 Å². The SMILES string of the molecule is Nc1c(F)cc(S)cc1F. The van der Waals surface area contributed by atoms with E-state index in [1.807, 2.05) is 0 Å². The van der Waals surface area contributed by atoms with E-state index >= 15 is 0 Å². The molecular weight excluding hydrogens is 156 g/mol. The predicted octanol–water partition coefficient (Wildman–Crippen LogP) is 1.84. The monoisotopic (exact) mass is 161 g/mol. The van der Waals surface area contributed by atoms with Crippen molar-refractivity contribution in [3.05, 3.63) is 23.8 Å². The van der Waals surface area contributed by atoms with Gasteiger partial charge in [-0.2, -0.15) is 0 Å². The molecular formula is C6H5F2NS. The summed E-state index contributed by atoms with van der Waals surface area (Å²) in [6.45, 7) is 0. The van der Waals surface area contributed by atoms with Gasteiger partial charge in [0.15, 0.2) is 0 Å². The predicted molar refractivity (Wildman–Crippen MR) is 38.0 cm³/mol. The number of rotatable bonds is 0. The van der Waals surface area contributed by atoms with Crippen molar-refractivity contribution in [3.8, 4) is 0 Å². The first kappa shape index (κ1) is 7.34. The summed E-state index contributed by atoms with van der Waals surface area (Å²) < 4.78 is 24.9. The summed E-state index contributed by atoms with van der Waals surface area (Å²) in [5.74, 6) is -1.55. The molecule has 10 heavy (non-hydrogen) atoms. The van der Waals surface area contributed by atoms with Crippen LogP contribution in [0, 0.1) is 11.6 Å². The first-order chi connectivity index (χ1) is 4.61. The maximum atomic E-state index is 12.4. The van der Waals surface area contributed by atoms with E-state index in [2.05, 4.69) is 12.6 Å². The lowest BCUT2D eigenvalue weighted by Gasteiger charge is -1.97. The Labute approximate surface area is 62.3 Å². The van der Waals surface area contributed by atoms with Crippen LogP contribution in [0.15, 0.2) is 17.0 Å². The van der Waals surface area contributed by atoms with E-state index in [4.69, 9.17) is 5.73 Å². The number of nitrogen functional groups attached to an aromatic ring is 1. The maximum Gasteiger partial charge on any atom is 0.150 e. The smallest absolute Gasteiger partial charge is 0.150 e. The third-order valence-corrected chi connectivity index (χ3v) is 1.32. The normalized spacial score (nSPS) is 9.90. The molecule has 0 amide bonds. The van der Waals surface area contributed by atoms with Gasteiger partial charge in [0.2, 0.25) is 0 Å². The molecule has 0 unspecified atom stereocenters. The zero-order valence-electron chi connectivity index (χ0n) is 4.94. The summed E-state index contributed by atoms with van der Waals surface area (Å²) in [5, 5.41) is 0. The molecule has 0 aliphatic rings. The zero-order valence-corrected chi connectivity index (χ0v) is 5.83. The van der Waals surface area contributed by atoms with Gasteiger partial charge in [-0.3, -0.25) is 0 Å². The van der Waals surface area contributed by atoms with Crippen LogP contribution >= 0.6 is 12.6 Å². The Balaban J connectivity index is 3.31. The van der Waals surface area contributed by atoms with Gasteiger partial charge < -0.3 is 5.73 Å². The van der Waals surface area contributed by atoms with Crippen molar-refractivity contribution in [2.24, 2.45) is 0 Å². The van der Waals surface area contributed by atoms with Gasteiger partial charge in [-0.1, -0.05) is 0 Å². The van der Waals surface area contributed by atoms with Gasteiger partial charge in [-0.25, -0.2) is 8.78 Å². The number of halogens is 2. The van der Waals surface area contributed by atoms with E-state index in [0.717, 1.165) is 12.1 Å². The second-order valence-electron chi connectivity index (χ2n) is 1.82. The molecule has 54 valence electrons. The summed E-state index contributed by atoms with van der Waals surface area (Å²) in [5.41, 5.74) is 4.51. The van der Waals surface area contributed by atoms with Crippen molar-refractivity contribution in [2.45, 2.75) is 4.90 Å². The van der Waals surface area contributed by atoms with Crippen LogP contribution in [-0.4, -0.2) is 0 Å². The fraction of sp³-hybridized carbons (Fsp3) is 0. The second-order valence-corrected chi connectivity index (χ2v) is 2.34. The Morgan fingerprint density at radius 1 is 1.20 bits per heavy atom. The van der Waals surface area contributed by atoms with Crippen LogP contribution in [0.5, 0.6) is 0 Å². The number of nitrogens with two attached hydrogens (primary N) is 1. The summed E-state index contributed by atoms with van der Waals surface area (Å²) in [4.78, 5) is 0.226. The standard InChI is InChI=1S/C6H5F2NS/c7-4-1-3(10)2-5(8)6(4)9/h1-2,10H,9H2. The van der Waals surface area contributed by atoms with Gasteiger partial charge in [0.25, 0.3) is 0 Å². The number of benzene rings is 1. The van der Waals surface area contributed by atoms with Gasteiger partial charge in [-0.15, -0.1) is 12.6 Å². The molecule has 0 saturated heterocycles. The lowest BCUT2D eigenvalue weighted by atomic mass is 10.3. The van der Waals surface area contributed by atoms with Gasteiger partial charge >= 0.3 is 0 Å². The number of hydrogen-bond acceptors (Lipinski definition) is 2. The van der Waals surface area contributed by atoms with Crippen molar-refractivity contribution in [3.63, 3.8) is 0 Å². The highest BCUT2D eigenvalue weighted by Crippen LogP contribution is 2.18. The molecule has 0 saturated carbocycles. The van der Waals surface area contributed by atoms with E-state index in [1.54, 1.807) is 0 Å². The molecule has 1 nitrogen and oxygen atoms in total. The highest BCUT2D eigenvalue weighted by Gasteiger charge is 2.04. The van der Waals surface area contributed by atoms with Gasteiger partial charge in [0.05, 0.1) is 0 Å². The summed E-state index contributed by atoms with van der Waals surface area (Å²) >= 11 is 3.74. The van der Waals surface area contributed by atoms with Crippen molar-refractivity contribution in [1.29, 1.82) is 0 Å². The molecule has 2 N–H and O–H groups in total. The van der Waals surface area contributed by atoms with E-state index in [0.29, 0.717) is 0 Å². The maximum absolute atomic E-state index is 12.4. The van der Waals surface area contributed by atoms with Crippen molar-refractivity contribution >= 4 is 18.3 Å². The average molecular weight is 161 g/mol. The van der Waals surface area contributed by atoms with E-state index in [9.17, 15) is 8.78 Å². The molecule has 4 heteroatoms. The Bertz CT molecular complexity index is 239. The highest BCUT2D eigenvalue weighted by molar-refractivity contribution is 7.80. The third-order valence-electron chi connectivity index (χ3n) is 1.06. The molecule has 0 aromatic heterocycles. The summed E-state index contributed by atoms with van der Waals surface area (Å²) in [7, 11) is 0. The van der Waals surface area contributed by atoms with E-state index < -0.39 is 17.3 Å². The molecule has 0 aliphatic heterocycles. The quantitative estimate of drug-likeness (QED) is 0.440. The topological polar surface area (TPSA) is 26.0 Å². The molecule has 0 fully saturated rings. The van der Waals surface area contributed by atoms with E-state index in [1.165, 1.54) is 0 Å². The Kier molecular flexibility index (Phi) is 1.80. The van der Waals surface area contributed by atoms with Crippen molar-refractivity contribution < 1.29 is 8.78 Å². The van der Waals surface area contributed by atoms with Crippen LogP contribution in [0.3, 0.4) is 0 Å². The molecule has 1 rings (SSSR count). The first-order valence-electron chi connectivity index (χ1n) is 2.54. The molecule has 0 bridgehead atoms. The lowest BCUT2D eigenvalue weighted by Crippen LogP contribution is -1.94. The molecule has 0 radical (unpaired) electrons. The summed E-state index contributed by atoms with van der Waals surface area (Å²) in [6.07, 6.45) is 0. The molecule has 0 heterocycles. The van der Waals surface area contributed by atoms with Gasteiger partial charge in [-0.05, 0) is 12.1 Å². The fourth-order valence-electron chi connectivity index (χ4n) is 0.571. The minimum atomic E-state index is -0.773. The van der Waals surface area contributed by atoms with Crippen LogP contribution in [0.2, 0.25) is 0 Å². The molecule has 0 aliphatic carbocycles. The molecule has 0 spiro atoms. The Hall–Kier alpha value is -0.770. The zero-order chi connectivity index (χ0) is 7.72. The minimum absolute atomic E-state index is 0.226. The Morgan fingerprint density at radius 3 is 2.00 bits per heavy atom. The minimum Gasteiger partial charge on any atom is -0.394 e.